The first kappa shape index (κ1) is 22.1. The molecule has 0 saturated carbocycles. The van der Waals surface area contributed by atoms with Crippen LogP contribution in [0.1, 0.15) is 11.1 Å². The summed E-state index contributed by atoms with van der Waals surface area (Å²) in [6.07, 6.45) is -0.522. The van der Waals surface area contributed by atoms with Gasteiger partial charge < -0.3 is 15.0 Å². The van der Waals surface area contributed by atoms with Crippen LogP contribution in [-0.4, -0.2) is 22.3 Å². The van der Waals surface area contributed by atoms with Gasteiger partial charge in [0.25, 0.3) is 0 Å². The number of nitrogens with one attached hydrogen (secondary N) is 1. The van der Waals surface area contributed by atoms with Crippen LogP contribution in [0.5, 0.6) is 0 Å². The van der Waals surface area contributed by atoms with Crippen molar-refractivity contribution in [1.29, 1.82) is 0 Å². The highest BCUT2D eigenvalue weighted by atomic mass is 16.3. The third-order valence-electron chi connectivity index (χ3n) is 6.27. The first-order valence-corrected chi connectivity index (χ1v) is 11.9. The van der Waals surface area contributed by atoms with E-state index in [1.807, 2.05) is 24.3 Å². The summed E-state index contributed by atoms with van der Waals surface area (Å²) in [6, 6.07) is 38.0. The quantitative estimate of drug-likeness (QED) is 0.288. The highest BCUT2D eigenvalue weighted by molar-refractivity contribution is 6.04. The van der Waals surface area contributed by atoms with Gasteiger partial charge in [0.2, 0.25) is 0 Å². The summed E-state index contributed by atoms with van der Waals surface area (Å²) >= 11 is 0. The van der Waals surface area contributed by atoms with Crippen LogP contribution in [0.2, 0.25) is 0 Å². The molecule has 170 valence electrons. The van der Waals surface area contributed by atoms with E-state index in [2.05, 4.69) is 102 Å². The SMILES string of the molecule is Cc1ccc2c(c1)c(-c1ccccc1)c(-c1ccccc1)n2C[C@H](O)CNCc1ccccc1. The molecule has 0 aliphatic carbocycles. The molecule has 4 aromatic carbocycles. The third-order valence-corrected chi connectivity index (χ3v) is 6.27. The van der Waals surface area contributed by atoms with Gasteiger partial charge in [-0.3, -0.25) is 0 Å². The number of rotatable bonds is 8. The van der Waals surface area contributed by atoms with Crippen LogP contribution in [0.25, 0.3) is 33.3 Å². The Bertz CT molecular complexity index is 1360. The van der Waals surface area contributed by atoms with Gasteiger partial charge in [-0.15, -0.1) is 0 Å². The lowest BCUT2D eigenvalue weighted by molar-refractivity contribution is 0.153. The second-order valence-corrected chi connectivity index (χ2v) is 8.86. The molecule has 34 heavy (non-hydrogen) atoms. The van der Waals surface area contributed by atoms with Crippen LogP contribution in [0.4, 0.5) is 0 Å². The van der Waals surface area contributed by atoms with Gasteiger partial charge in [0.1, 0.15) is 0 Å². The number of benzene rings is 4. The maximum Gasteiger partial charge on any atom is 0.0843 e. The van der Waals surface area contributed by atoms with Crippen molar-refractivity contribution in [2.24, 2.45) is 0 Å². The van der Waals surface area contributed by atoms with Gasteiger partial charge >= 0.3 is 0 Å². The summed E-state index contributed by atoms with van der Waals surface area (Å²) in [4.78, 5) is 0. The van der Waals surface area contributed by atoms with Crippen LogP contribution in [0.15, 0.2) is 109 Å². The Labute approximate surface area is 201 Å². The van der Waals surface area contributed by atoms with Gasteiger partial charge in [-0.25, -0.2) is 0 Å². The van der Waals surface area contributed by atoms with E-state index < -0.39 is 6.10 Å². The summed E-state index contributed by atoms with van der Waals surface area (Å²) in [7, 11) is 0. The zero-order valence-electron chi connectivity index (χ0n) is 19.5. The van der Waals surface area contributed by atoms with Crippen LogP contribution in [0, 0.1) is 6.92 Å². The molecule has 0 aliphatic rings. The van der Waals surface area contributed by atoms with Crippen molar-refractivity contribution in [2.45, 2.75) is 26.1 Å². The Kier molecular flexibility index (Phi) is 6.57. The molecule has 0 spiro atoms. The fourth-order valence-electron chi connectivity index (χ4n) is 4.71. The molecule has 0 saturated heterocycles. The fourth-order valence-corrected chi connectivity index (χ4v) is 4.71. The number of hydrogen-bond donors (Lipinski definition) is 2. The van der Waals surface area contributed by atoms with E-state index in [0.29, 0.717) is 13.1 Å². The molecular weight excluding hydrogens is 416 g/mol. The molecule has 0 bridgehead atoms. The molecule has 1 aromatic heterocycles. The molecule has 3 heteroatoms. The summed E-state index contributed by atoms with van der Waals surface area (Å²) in [5.74, 6) is 0. The van der Waals surface area contributed by atoms with Crippen LogP contribution in [0.3, 0.4) is 0 Å². The maximum absolute atomic E-state index is 11.1. The molecule has 5 rings (SSSR count). The molecule has 0 fully saturated rings. The maximum atomic E-state index is 11.1. The van der Waals surface area contributed by atoms with Crippen molar-refractivity contribution < 1.29 is 5.11 Å². The monoisotopic (exact) mass is 446 g/mol. The molecule has 0 unspecified atom stereocenters. The second-order valence-electron chi connectivity index (χ2n) is 8.86. The third kappa shape index (κ3) is 4.67. The minimum Gasteiger partial charge on any atom is -0.390 e. The molecule has 1 atom stereocenters. The molecule has 0 radical (unpaired) electrons. The molecular formula is C31H30N2O. The topological polar surface area (TPSA) is 37.2 Å². The van der Waals surface area contributed by atoms with Gasteiger partial charge in [-0.05, 0) is 35.7 Å². The minimum atomic E-state index is -0.522. The average molecular weight is 447 g/mol. The van der Waals surface area contributed by atoms with E-state index in [-0.39, 0.29) is 0 Å². The zero-order valence-corrected chi connectivity index (χ0v) is 19.5. The summed E-state index contributed by atoms with van der Waals surface area (Å²) < 4.78 is 2.29. The first-order valence-electron chi connectivity index (χ1n) is 11.9. The molecule has 1 heterocycles. The fraction of sp³-hybridized carbons (Fsp3) is 0.161. The van der Waals surface area contributed by atoms with E-state index >= 15 is 0 Å². The minimum absolute atomic E-state index is 0.512. The van der Waals surface area contributed by atoms with E-state index in [0.717, 1.165) is 23.3 Å². The van der Waals surface area contributed by atoms with Crippen LogP contribution < -0.4 is 5.32 Å². The molecule has 0 amide bonds. The van der Waals surface area contributed by atoms with Crippen molar-refractivity contribution >= 4 is 10.9 Å². The summed E-state index contributed by atoms with van der Waals surface area (Å²) in [5, 5.41) is 15.7. The summed E-state index contributed by atoms with van der Waals surface area (Å²) in [5.41, 5.74) is 8.29. The average Bonchev–Trinajstić information content (AvgIpc) is 3.18. The standard InChI is InChI=1S/C31H30N2O/c1-23-17-18-29-28(19-23)30(25-13-7-3-8-14-25)31(26-15-9-4-10-16-26)33(29)22-27(34)21-32-20-24-11-5-2-6-12-24/h2-19,27,32,34H,20-22H2,1H3/t27-/m1/s1. The Balaban J connectivity index is 1.55. The number of aliphatic hydroxyl groups excluding tert-OH is 1. The van der Waals surface area contributed by atoms with Crippen molar-refractivity contribution in [3.05, 3.63) is 120 Å². The van der Waals surface area contributed by atoms with E-state index in [1.165, 1.54) is 27.6 Å². The Morgan fingerprint density at radius 3 is 2.06 bits per heavy atom. The van der Waals surface area contributed by atoms with Gasteiger partial charge in [-0.2, -0.15) is 0 Å². The second kappa shape index (κ2) is 10.1. The van der Waals surface area contributed by atoms with Crippen molar-refractivity contribution in [3.63, 3.8) is 0 Å². The van der Waals surface area contributed by atoms with Crippen molar-refractivity contribution in [1.82, 2.24) is 9.88 Å². The lowest BCUT2D eigenvalue weighted by Crippen LogP contribution is -2.30. The number of aryl methyl sites for hydroxylation is 1. The molecule has 0 aliphatic heterocycles. The smallest absolute Gasteiger partial charge is 0.0843 e. The van der Waals surface area contributed by atoms with Gasteiger partial charge in [0.15, 0.2) is 0 Å². The zero-order chi connectivity index (χ0) is 23.3. The predicted molar refractivity (Wildman–Crippen MR) is 142 cm³/mol. The molecule has 2 N–H and O–H groups in total. The molecule has 5 aromatic rings. The Morgan fingerprint density at radius 2 is 1.38 bits per heavy atom. The lowest BCUT2D eigenvalue weighted by atomic mass is 9.98. The Morgan fingerprint density at radius 1 is 0.765 bits per heavy atom. The number of hydrogen-bond acceptors (Lipinski definition) is 2. The van der Waals surface area contributed by atoms with Gasteiger partial charge in [0.05, 0.1) is 18.3 Å². The highest BCUT2D eigenvalue weighted by Gasteiger charge is 2.21. The van der Waals surface area contributed by atoms with E-state index in [1.54, 1.807) is 0 Å². The van der Waals surface area contributed by atoms with E-state index in [4.69, 9.17) is 0 Å². The number of aromatic nitrogens is 1. The van der Waals surface area contributed by atoms with Crippen LogP contribution >= 0.6 is 0 Å². The summed E-state index contributed by atoms with van der Waals surface area (Å²) in [6.45, 7) is 3.91. The van der Waals surface area contributed by atoms with Gasteiger partial charge in [0, 0.05) is 29.6 Å². The number of aliphatic hydroxyl groups is 1. The lowest BCUT2D eigenvalue weighted by Gasteiger charge is -2.18. The van der Waals surface area contributed by atoms with Crippen LogP contribution in [-0.2, 0) is 13.1 Å². The number of nitrogens with zero attached hydrogens (tertiary/aromatic N) is 1. The molecule has 3 nitrogen and oxygen atoms in total. The van der Waals surface area contributed by atoms with E-state index in [9.17, 15) is 5.11 Å². The largest absolute Gasteiger partial charge is 0.390 e. The van der Waals surface area contributed by atoms with Gasteiger partial charge in [-0.1, -0.05) is 103 Å². The number of fused-ring (bicyclic) bond motifs is 1. The van der Waals surface area contributed by atoms with Crippen molar-refractivity contribution in [3.8, 4) is 22.4 Å². The van der Waals surface area contributed by atoms with Crippen molar-refractivity contribution in [2.75, 3.05) is 6.54 Å². The Hall–Kier alpha value is -3.66. The highest BCUT2D eigenvalue weighted by Crippen LogP contribution is 2.41. The first-order chi connectivity index (χ1) is 16.7. The predicted octanol–water partition coefficient (Wildman–Crippen LogP) is 6.43. The normalized spacial score (nSPS) is 12.2.